The molecule has 1 rings (SSSR count). The van der Waals surface area contributed by atoms with E-state index in [0.717, 1.165) is 4.90 Å². The van der Waals surface area contributed by atoms with Crippen molar-refractivity contribution in [1.82, 2.24) is 9.88 Å². The fourth-order valence-electron chi connectivity index (χ4n) is 0.877. The van der Waals surface area contributed by atoms with E-state index >= 15 is 0 Å². The molecular weight excluding hydrogens is 231 g/mol. The Morgan fingerprint density at radius 1 is 1.47 bits per heavy atom. The van der Waals surface area contributed by atoms with Crippen molar-refractivity contribution in [1.29, 1.82) is 0 Å². The zero-order valence-electron chi connectivity index (χ0n) is 7.92. The third-order valence-electron chi connectivity index (χ3n) is 1.51. The van der Waals surface area contributed by atoms with Crippen molar-refractivity contribution in [2.75, 3.05) is 19.8 Å². The highest BCUT2D eigenvalue weighted by molar-refractivity contribution is 7.17. The van der Waals surface area contributed by atoms with Crippen LogP contribution >= 0.6 is 11.3 Å². The number of thiazole rings is 1. The molecule has 0 aromatic carbocycles. The summed E-state index contributed by atoms with van der Waals surface area (Å²) in [5.41, 5.74) is 3.93. The lowest BCUT2D eigenvalue weighted by Gasteiger charge is -2.10. The topological polar surface area (TPSA) is 59.2 Å². The molecule has 1 aromatic heterocycles. The van der Waals surface area contributed by atoms with Gasteiger partial charge in [-0.25, -0.2) is 4.98 Å². The Labute approximate surface area is 87.5 Å². The van der Waals surface area contributed by atoms with Crippen LogP contribution in [0.1, 0.15) is 15.4 Å². The van der Waals surface area contributed by atoms with Gasteiger partial charge in [0.2, 0.25) is 0 Å². The molecule has 0 aliphatic carbocycles. The summed E-state index contributed by atoms with van der Waals surface area (Å²) in [6.07, 6.45) is -4.66. The van der Waals surface area contributed by atoms with Gasteiger partial charge in [-0.1, -0.05) is 11.3 Å². The summed E-state index contributed by atoms with van der Waals surface area (Å²) in [5.74, 6) is -0.753. The molecule has 0 saturated carbocycles. The van der Waals surface area contributed by atoms with Gasteiger partial charge in [0.15, 0.2) is 10.8 Å². The molecule has 0 fully saturated rings. The largest absolute Gasteiger partial charge is 0.435 e. The second-order valence-electron chi connectivity index (χ2n) is 2.93. The van der Waals surface area contributed by atoms with Gasteiger partial charge >= 0.3 is 6.18 Å². The minimum atomic E-state index is -4.66. The second-order valence-corrected chi connectivity index (χ2v) is 3.96. The first kappa shape index (κ1) is 11.8. The maximum Gasteiger partial charge on any atom is 0.435 e. The third kappa shape index (κ3) is 2.38. The van der Waals surface area contributed by atoms with Gasteiger partial charge in [0, 0.05) is 14.1 Å². The molecule has 0 aliphatic rings. The molecule has 0 aliphatic heterocycles. The molecule has 1 amide bonds. The molecule has 0 atom stereocenters. The molecule has 8 heteroatoms. The van der Waals surface area contributed by atoms with Gasteiger partial charge in [0.05, 0.1) is 0 Å². The Kier molecular flexibility index (Phi) is 2.89. The van der Waals surface area contributed by atoms with E-state index in [9.17, 15) is 18.0 Å². The van der Waals surface area contributed by atoms with E-state index in [1.807, 2.05) is 0 Å². The highest BCUT2D eigenvalue weighted by Crippen LogP contribution is 2.35. The number of alkyl halides is 3. The number of halogens is 3. The number of rotatable bonds is 1. The zero-order chi connectivity index (χ0) is 11.8. The zero-order valence-corrected chi connectivity index (χ0v) is 8.74. The first-order valence-electron chi connectivity index (χ1n) is 3.78. The number of nitrogens with zero attached hydrogens (tertiary/aromatic N) is 2. The van der Waals surface area contributed by atoms with Gasteiger partial charge in [-0.15, -0.1) is 0 Å². The first-order valence-corrected chi connectivity index (χ1v) is 4.60. The fraction of sp³-hybridized carbons (Fsp3) is 0.429. The quantitative estimate of drug-likeness (QED) is 0.806. The summed E-state index contributed by atoms with van der Waals surface area (Å²) >= 11 is 0.533. The van der Waals surface area contributed by atoms with Crippen LogP contribution in [0.15, 0.2) is 0 Å². The maximum atomic E-state index is 12.4. The summed E-state index contributed by atoms with van der Waals surface area (Å²) in [5, 5.41) is -0.271. The molecule has 15 heavy (non-hydrogen) atoms. The molecule has 0 unspecified atom stereocenters. The summed E-state index contributed by atoms with van der Waals surface area (Å²) in [6.45, 7) is 0. The Morgan fingerprint density at radius 3 is 2.40 bits per heavy atom. The van der Waals surface area contributed by atoms with Gasteiger partial charge in [0.1, 0.15) is 4.88 Å². The van der Waals surface area contributed by atoms with E-state index in [1.54, 1.807) is 0 Å². The SMILES string of the molecule is CN(C)C(=O)c1sc(N)nc1C(F)(F)F. The monoisotopic (exact) mass is 239 g/mol. The Balaban J connectivity index is 3.24. The first-order chi connectivity index (χ1) is 6.73. The summed E-state index contributed by atoms with van der Waals surface area (Å²) in [4.78, 5) is 15.0. The lowest BCUT2D eigenvalue weighted by Crippen LogP contribution is -2.23. The number of aromatic nitrogens is 1. The second kappa shape index (κ2) is 3.69. The molecule has 4 nitrogen and oxygen atoms in total. The van der Waals surface area contributed by atoms with Crippen LogP contribution in [-0.2, 0) is 6.18 Å². The van der Waals surface area contributed by atoms with Crippen LogP contribution in [0.2, 0.25) is 0 Å². The molecule has 84 valence electrons. The van der Waals surface area contributed by atoms with E-state index < -0.39 is 22.7 Å². The highest BCUT2D eigenvalue weighted by Gasteiger charge is 2.39. The van der Waals surface area contributed by atoms with E-state index in [-0.39, 0.29) is 5.13 Å². The van der Waals surface area contributed by atoms with Crippen LogP contribution in [-0.4, -0.2) is 29.9 Å². The number of anilines is 1. The van der Waals surface area contributed by atoms with Crippen molar-refractivity contribution in [3.63, 3.8) is 0 Å². The van der Waals surface area contributed by atoms with E-state index in [0.29, 0.717) is 11.3 Å². The van der Waals surface area contributed by atoms with Gasteiger partial charge in [-0.05, 0) is 0 Å². The molecule has 1 heterocycles. The van der Waals surface area contributed by atoms with E-state index in [2.05, 4.69) is 4.98 Å². The lowest BCUT2D eigenvalue weighted by molar-refractivity contribution is -0.141. The lowest BCUT2D eigenvalue weighted by atomic mass is 10.3. The molecular formula is C7H8F3N3OS. The standard InChI is InChI=1S/C7H8F3N3OS/c1-13(2)5(14)3-4(7(8,9)10)12-6(11)15-3/h1-2H3,(H2,11,12). The van der Waals surface area contributed by atoms with E-state index in [4.69, 9.17) is 5.73 Å². The smallest absolute Gasteiger partial charge is 0.375 e. The third-order valence-corrected chi connectivity index (χ3v) is 2.39. The van der Waals surface area contributed by atoms with Crippen molar-refractivity contribution < 1.29 is 18.0 Å². The normalized spacial score (nSPS) is 11.5. The van der Waals surface area contributed by atoms with Gasteiger partial charge in [-0.3, -0.25) is 4.79 Å². The van der Waals surface area contributed by atoms with Gasteiger partial charge in [0.25, 0.3) is 5.91 Å². The molecule has 0 spiro atoms. The van der Waals surface area contributed by atoms with Crippen molar-refractivity contribution in [2.45, 2.75) is 6.18 Å². The van der Waals surface area contributed by atoms with Crippen LogP contribution in [0.4, 0.5) is 18.3 Å². The van der Waals surface area contributed by atoms with Crippen LogP contribution < -0.4 is 5.73 Å². The fourth-order valence-corrected chi connectivity index (χ4v) is 1.75. The Hall–Kier alpha value is -1.31. The van der Waals surface area contributed by atoms with Crippen LogP contribution in [0.25, 0.3) is 0 Å². The average molecular weight is 239 g/mol. The van der Waals surface area contributed by atoms with Crippen molar-refractivity contribution in [2.24, 2.45) is 0 Å². The summed E-state index contributed by atoms with van der Waals surface area (Å²) < 4.78 is 37.2. The summed E-state index contributed by atoms with van der Waals surface area (Å²) in [7, 11) is 2.72. The average Bonchev–Trinajstić information content (AvgIpc) is 2.44. The summed E-state index contributed by atoms with van der Waals surface area (Å²) in [6, 6.07) is 0. The van der Waals surface area contributed by atoms with Crippen molar-refractivity contribution in [3.05, 3.63) is 10.6 Å². The molecule has 0 bridgehead atoms. The number of carbonyl (C=O) groups is 1. The van der Waals surface area contributed by atoms with Crippen LogP contribution in [0.3, 0.4) is 0 Å². The molecule has 0 saturated heterocycles. The predicted octanol–water partition coefficient (Wildman–Crippen LogP) is 1.45. The predicted molar refractivity (Wildman–Crippen MR) is 49.5 cm³/mol. The number of nitrogen functional groups attached to an aromatic ring is 1. The van der Waals surface area contributed by atoms with E-state index in [1.165, 1.54) is 14.1 Å². The van der Waals surface area contributed by atoms with Gasteiger partial charge in [-0.2, -0.15) is 13.2 Å². The van der Waals surface area contributed by atoms with Crippen molar-refractivity contribution in [3.8, 4) is 0 Å². The number of hydrogen-bond acceptors (Lipinski definition) is 4. The number of nitrogens with two attached hydrogens (primary N) is 1. The minimum Gasteiger partial charge on any atom is -0.375 e. The molecule has 2 N–H and O–H groups in total. The number of carbonyl (C=O) groups excluding carboxylic acids is 1. The number of amides is 1. The highest BCUT2D eigenvalue weighted by atomic mass is 32.1. The van der Waals surface area contributed by atoms with Crippen LogP contribution in [0, 0.1) is 0 Å². The molecule has 0 radical (unpaired) electrons. The maximum absolute atomic E-state index is 12.4. The molecule has 1 aromatic rings. The minimum absolute atomic E-state index is 0.271. The number of hydrogen-bond donors (Lipinski definition) is 1. The van der Waals surface area contributed by atoms with Crippen molar-refractivity contribution >= 4 is 22.4 Å². The Morgan fingerprint density at radius 2 is 2.00 bits per heavy atom. The van der Waals surface area contributed by atoms with Crippen LogP contribution in [0.5, 0.6) is 0 Å². The Bertz CT molecular complexity index is 385. The van der Waals surface area contributed by atoms with Gasteiger partial charge < -0.3 is 10.6 Å².